The summed E-state index contributed by atoms with van der Waals surface area (Å²) in [4.78, 5) is 18.7. The molecule has 0 saturated heterocycles. The van der Waals surface area contributed by atoms with Gasteiger partial charge in [0.15, 0.2) is 5.82 Å². The van der Waals surface area contributed by atoms with Crippen LogP contribution < -0.4 is 16.6 Å². The number of nitrogens with two attached hydrogens (primary N) is 1. The number of H-pyrrole nitrogens is 1. The molecule has 5 nitrogen and oxygen atoms in total. The first kappa shape index (κ1) is 11.9. The molecule has 0 aromatic carbocycles. The van der Waals surface area contributed by atoms with Crippen LogP contribution in [0.4, 0.5) is 11.5 Å². The highest BCUT2D eigenvalue weighted by Crippen LogP contribution is 2.28. The summed E-state index contributed by atoms with van der Waals surface area (Å²) in [6.45, 7) is 1.95. The molecule has 2 heterocycles. The van der Waals surface area contributed by atoms with Crippen molar-refractivity contribution in [1.29, 1.82) is 0 Å². The molecule has 1 unspecified atom stereocenters. The van der Waals surface area contributed by atoms with Gasteiger partial charge in [0, 0.05) is 4.88 Å². The van der Waals surface area contributed by atoms with E-state index >= 15 is 0 Å². The summed E-state index contributed by atoms with van der Waals surface area (Å²) in [5.74, 6) is 0.380. The van der Waals surface area contributed by atoms with Crippen molar-refractivity contribution < 1.29 is 0 Å². The van der Waals surface area contributed by atoms with Gasteiger partial charge in [0.1, 0.15) is 5.69 Å². The molecule has 90 valence electrons. The van der Waals surface area contributed by atoms with E-state index in [4.69, 9.17) is 17.3 Å². The van der Waals surface area contributed by atoms with E-state index in [9.17, 15) is 4.79 Å². The molecule has 7 heteroatoms. The van der Waals surface area contributed by atoms with E-state index in [1.165, 1.54) is 17.7 Å². The molecule has 1 atom stereocenters. The van der Waals surface area contributed by atoms with Crippen molar-refractivity contribution >= 4 is 34.4 Å². The molecule has 0 amide bonds. The van der Waals surface area contributed by atoms with Gasteiger partial charge < -0.3 is 16.0 Å². The smallest absolute Gasteiger partial charge is 0.276 e. The van der Waals surface area contributed by atoms with E-state index in [0.29, 0.717) is 5.82 Å². The number of anilines is 2. The van der Waals surface area contributed by atoms with Crippen LogP contribution in [0.15, 0.2) is 23.3 Å². The standard InChI is InChI=1S/C10H11ClN4OS/c1-5(6-2-3-7(11)17-6)15-9-8(12)10(16)14-4-13-9/h2-5H,12H2,1H3,(H2,13,14,15,16). The summed E-state index contributed by atoms with van der Waals surface area (Å²) >= 11 is 7.33. The second kappa shape index (κ2) is 4.77. The van der Waals surface area contributed by atoms with E-state index in [0.717, 1.165) is 9.21 Å². The number of hydrogen-bond donors (Lipinski definition) is 3. The number of hydrogen-bond acceptors (Lipinski definition) is 5. The van der Waals surface area contributed by atoms with Gasteiger partial charge in [0.2, 0.25) is 0 Å². The van der Waals surface area contributed by atoms with Crippen LogP contribution >= 0.6 is 22.9 Å². The van der Waals surface area contributed by atoms with Crippen LogP contribution in [-0.2, 0) is 0 Å². The lowest BCUT2D eigenvalue weighted by Gasteiger charge is -2.13. The first-order valence-corrected chi connectivity index (χ1v) is 6.12. The van der Waals surface area contributed by atoms with E-state index in [-0.39, 0.29) is 17.3 Å². The van der Waals surface area contributed by atoms with Crippen molar-refractivity contribution in [3.8, 4) is 0 Å². The van der Waals surface area contributed by atoms with Crippen molar-refractivity contribution in [3.63, 3.8) is 0 Å². The number of halogens is 1. The third kappa shape index (κ3) is 2.59. The highest BCUT2D eigenvalue weighted by Gasteiger charge is 2.11. The SMILES string of the molecule is CC(Nc1nc[nH]c(=O)c1N)c1ccc(Cl)s1. The van der Waals surface area contributed by atoms with Gasteiger partial charge in [-0.3, -0.25) is 4.79 Å². The molecule has 0 radical (unpaired) electrons. The Balaban J connectivity index is 2.21. The first-order valence-electron chi connectivity index (χ1n) is 4.93. The summed E-state index contributed by atoms with van der Waals surface area (Å²) in [7, 11) is 0. The highest BCUT2D eigenvalue weighted by atomic mass is 35.5. The van der Waals surface area contributed by atoms with E-state index in [1.54, 1.807) is 0 Å². The quantitative estimate of drug-likeness (QED) is 0.799. The van der Waals surface area contributed by atoms with Crippen LogP contribution in [-0.4, -0.2) is 9.97 Å². The summed E-state index contributed by atoms with van der Waals surface area (Å²) in [6.07, 6.45) is 1.31. The molecular weight excluding hydrogens is 260 g/mol. The fourth-order valence-corrected chi connectivity index (χ4v) is 2.43. The van der Waals surface area contributed by atoms with Gasteiger partial charge in [-0.25, -0.2) is 4.98 Å². The normalized spacial score (nSPS) is 12.4. The number of rotatable bonds is 3. The van der Waals surface area contributed by atoms with Crippen molar-refractivity contribution in [2.45, 2.75) is 13.0 Å². The zero-order valence-electron chi connectivity index (χ0n) is 9.03. The molecule has 0 aliphatic heterocycles. The lowest BCUT2D eigenvalue weighted by molar-refractivity contribution is 0.892. The molecule has 2 aromatic heterocycles. The Hall–Kier alpha value is -1.53. The Labute approximate surface area is 107 Å². The molecule has 17 heavy (non-hydrogen) atoms. The zero-order chi connectivity index (χ0) is 12.4. The third-order valence-corrected chi connectivity index (χ3v) is 3.68. The number of nitrogens with zero attached hydrogens (tertiary/aromatic N) is 1. The molecule has 0 bridgehead atoms. The minimum Gasteiger partial charge on any atom is -0.391 e. The van der Waals surface area contributed by atoms with Gasteiger partial charge in [-0.1, -0.05) is 11.6 Å². The predicted molar refractivity (Wildman–Crippen MR) is 70.6 cm³/mol. The van der Waals surface area contributed by atoms with Crippen molar-refractivity contribution in [1.82, 2.24) is 9.97 Å². The second-order valence-electron chi connectivity index (χ2n) is 3.50. The maximum atomic E-state index is 11.3. The zero-order valence-corrected chi connectivity index (χ0v) is 10.6. The molecule has 0 fully saturated rings. The predicted octanol–water partition coefficient (Wildman–Crippen LogP) is 2.24. The fourth-order valence-electron chi connectivity index (χ4n) is 1.36. The first-order chi connectivity index (χ1) is 8.08. The van der Waals surface area contributed by atoms with E-state index in [1.807, 2.05) is 19.1 Å². The number of aromatic nitrogens is 2. The van der Waals surface area contributed by atoms with Crippen molar-refractivity contribution in [2.24, 2.45) is 0 Å². The Morgan fingerprint density at radius 2 is 2.35 bits per heavy atom. The summed E-state index contributed by atoms with van der Waals surface area (Å²) in [5, 5.41) is 3.08. The van der Waals surface area contributed by atoms with Gasteiger partial charge in [0.25, 0.3) is 5.56 Å². The highest BCUT2D eigenvalue weighted by molar-refractivity contribution is 7.16. The molecule has 0 saturated carbocycles. The van der Waals surface area contributed by atoms with Gasteiger partial charge in [-0.2, -0.15) is 0 Å². The molecule has 0 aliphatic rings. The van der Waals surface area contributed by atoms with E-state index < -0.39 is 0 Å². The summed E-state index contributed by atoms with van der Waals surface area (Å²) in [6, 6.07) is 3.74. The van der Waals surface area contributed by atoms with Crippen LogP contribution in [0.1, 0.15) is 17.8 Å². The minimum absolute atomic E-state index is 0.0101. The Morgan fingerprint density at radius 1 is 1.59 bits per heavy atom. The Bertz CT molecular complexity index is 580. The van der Waals surface area contributed by atoms with Crippen LogP contribution in [0.3, 0.4) is 0 Å². The largest absolute Gasteiger partial charge is 0.391 e. The maximum absolute atomic E-state index is 11.3. The van der Waals surface area contributed by atoms with Crippen LogP contribution in [0.5, 0.6) is 0 Å². The number of thiophene rings is 1. The van der Waals surface area contributed by atoms with Gasteiger partial charge in [-0.05, 0) is 19.1 Å². The molecule has 0 aliphatic carbocycles. The maximum Gasteiger partial charge on any atom is 0.276 e. The van der Waals surface area contributed by atoms with Gasteiger partial charge >= 0.3 is 0 Å². The van der Waals surface area contributed by atoms with Crippen LogP contribution in [0.25, 0.3) is 0 Å². The van der Waals surface area contributed by atoms with Crippen molar-refractivity contribution in [2.75, 3.05) is 11.1 Å². The van der Waals surface area contributed by atoms with Gasteiger partial charge in [-0.15, -0.1) is 11.3 Å². The number of nitrogens with one attached hydrogen (secondary N) is 2. The van der Waals surface area contributed by atoms with E-state index in [2.05, 4.69) is 15.3 Å². The molecule has 2 aromatic rings. The molecule has 4 N–H and O–H groups in total. The average Bonchev–Trinajstić information content (AvgIpc) is 2.72. The minimum atomic E-state index is -0.348. The van der Waals surface area contributed by atoms with Crippen LogP contribution in [0, 0.1) is 0 Å². The number of nitrogen functional groups attached to an aromatic ring is 1. The second-order valence-corrected chi connectivity index (χ2v) is 5.25. The summed E-state index contributed by atoms with van der Waals surface area (Å²) in [5.41, 5.74) is 5.36. The average molecular weight is 271 g/mol. The monoisotopic (exact) mass is 270 g/mol. The lowest BCUT2D eigenvalue weighted by Crippen LogP contribution is -2.17. The van der Waals surface area contributed by atoms with Gasteiger partial charge in [0.05, 0.1) is 16.7 Å². The summed E-state index contributed by atoms with van der Waals surface area (Å²) < 4.78 is 0.723. The lowest BCUT2D eigenvalue weighted by atomic mass is 10.2. The Morgan fingerprint density at radius 3 is 3.00 bits per heavy atom. The fraction of sp³-hybridized carbons (Fsp3) is 0.200. The molecular formula is C10H11ClN4OS. The Kier molecular flexibility index (Phi) is 3.35. The molecule has 2 rings (SSSR count). The number of aromatic amines is 1. The third-order valence-electron chi connectivity index (χ3n) is 2.26. The topological polar surface area (TPSA) is 83.8 Å². The van der Waals surface area contributed by atoms with Crippen molar-refractivity contribution in [3.05, 3.63) is 38.0 Å². The molecule has 0 spiro atoms. The van der Waals surface area contributed by atoms with Crippen LogP contribution in [0.2, 0.25) is 4.34 Å².